The topological polar surface area (TPSA) is 107 Å². The summed E-state index contributed by atoms with van der Waals surface area (Å²) in [5.41, 5.74) is 3.54. The number of carboxylic acids is 1. The standard InChI is InChI=1S/C33H53NO8/c1-5-38-16-17-40-20-21-41-19-18-39-15-14-34-12-10-29(11-13-34)42-28-8-6-27(7-9-28)32(35)31(33(36)37)30-25(3)22-24(2)23-26(30)4/h22-23,27-29,35H,5-21H2,1-4H3,(H,36,37)/b32-31+. The number of aliphatic hydroxyl groups is 1. The number of carboxylic acid groups (broad SMARTS) is 1. The lowest BCUT2D eigenvalue weighted by molar-refractivity contribution is -0.130. The molecular formula is C33H53NO8. The van der Waals surface area contributed by atoms with Crippen LogP contribution in [-0.4, -0.2) is 106 Å². The third kappa shape index (κ3) is 11.2. The van der Waals surface area contributed by atoms with Gasteiger partial charge >= 0.3 is 5.97 Å². The van der Waals surface area contributed by atoms with Crippen molar-refractivity contribution in [3.63, 3.8) is 0 Å². The van der Waals surface area contributed by atoms with Crippen molar-refractivity contribution in [2.24, 2.45) is 5.92 Å². The smallest absolute Gasteiger partial charge is 0.339 e. The van der Waals surface area contributed by atoms with E-state index in [4.69, 9.17) is 23.7 Å². The van der Waals surface area contributed by atoms with Crippen LogP contribution in [0, 0.1) is 26.7 Å². The van der Waals surface area contributed by atoms with E-state index in [2.05, 4.69) is 4.90 Å². The molecule has 1 aliphatic heterocycles. The van der Waals surface area contributed by atoms with Crippen molar-refractivity contribution < 1.29 is 38.7 Å². The molecule has 0 atom stereocenters. The molecule has 0 aromatic heterocycles. The molecule has 1 aromatic carbocycles. The van der Waals surface area contributed by atoms with E-state index in [0.717, 1.165) is 74.8 Å². The number of hydrogen-bond donors (Lipinski definition) is 2. The number of benzene rings is 1. The Bertz CT molecular complexity index is 957. The number of aliphatic carboxylic acids is 1. The summed E-state index contributed by atoms with van der Waals surface area (Å²) in [6.45, 7) is 15.6. The van der Waals surface area contributed by atoms with Crippen LogP contribution >= 0.6 is 0 Å². The maximum absolute atomic E-state index is 12.2. The van der Waals surface area contributed by atoms with Crippen molar-refractivity contribution in [2.45, 2.75) is 78.4 Å². The molecule has 0 radical (unpaired) electrons. The largest absolute Gasteiger partial charge is 0.511 e. The van der Waals surface area contributed by atoms with Gasteiger partial charge in [0, 0.05) is 32.2 Å². The highest BCUT2D eigenvalue weighted by Crippen LogP contribution is 2.36. The minimum atomic E-state index is -1.07. The number of likely N-dealkylation sites (tertiary alicyclic amines) is 1. The van der Waals surface area contributed by atoms with Crippen molar-refractivity contribution in [3.05, 3.63) is 40.1 Å². The number of allylic oxidation sites excluding steroid dienone is 1. The average Bonchev–Trinajstić information content (AvgIpc) is 2.96. The minimum absolute atomic E-state index is 0.0143. The maximum Gasteiger partial charge on any atom is 0.339 e. The van der Waals surface area contributed by atoms with Gasteiger partial charge < -0.3 is 38.8 Å². The summed E-state index contributed by atoms with van der Waals surface area (Å²) in [5.74, 6) is -1.20. The summed E-state index contributed by atoms with van der Waals surface area (Å²) >= 11 is 0. The first-order valence-electron chi connectivity index (χ1n) is 15.7. The van der Waals surface area contributed by atoms with E-state index in [0.29, 0.717) is 58.4 Å². The molecule has 1 aliphatic carbocycles. The van der Waals surface area contributed by atoms with Gasteiger partial charge in [0.15, 0.2) is 0 Å². The Hall–Kier alpha value is -2.01. The molecule has 1 saturated carbocycles. The predicted octanol–water partition coefficient (Wildman–Crippen LogP) is 5.09. The summed E-state index contributed by atoms with van der Waals surface area (Å²) < 4.78 is 28.4. The van der Waals surface area contributed by atoms with Gasteiger partial charge in [0.25, 0.3) is 0 Å². The fourth-order valence-electron chi connectivity index (χ4n) is 6.13. The summed E-state index contributed by atoms with van der Waals surface area (Å²) in [6.07, 6.45) is 5.58. The van der Waals surface area contributed by atoms with Crippen molar-refractivity contribution in [2.75, 3.05) is 72.5 Å². The van der Waals surface area contributed by atoms with Crippen LogP contribution in [-0.2, 0) is 28.5 Å². The number of piperidine rings is 1. The van der Waals surface area contributed by atoms with Gasteiger partial charge in [0.2, 0.25) is 0 Å². The van der Waals surface area contributed by atoms with Crippen LogP contribution in [0.3, 0.4) is 0 Å². The highest BCUT2D eigenvalue weighted by atomic mass is 16.6. The maximum atomic E-state index is 12.2. The molecule has 9 nitrogen and oxygen atoms in total. The van der Waals surface area contributed by atoms with Crippen LogP contribution in [0.1, 0.15) is 67.7 Å². The quantitative estimate of drug-likeness (QED) is 0.137. The molecule has 238 valence electrons. The third-order valence-electron chi connectivity index (χ3n) is 8.25. The van der Waals surface area contributed by atoms with E-state index in [1.54, 1.807) is 0 Å². The minimum Gasteiger partial charge on any atom is -0.511 e. The first-order chi connectivity index (χ1) is 20.3. The predicted molar refractivity (Wildman–Crippen MR) is 163 cm³/mol. The second-order valence-electron chi connectivity index (χ2n) is 11.5. The van der Waals surface area contributed by atoms with Crippen LogP contribution < -0.4 is 0 Å². The molecule has 1 saturated heterocycles. The Balaban J connectivity index is 1.30. The lowest BCUT2D eigenvalue weighted by Crippen LogP contribution is -2.40. The Morgan fingerprint density at radius 2 is 1.26 bits per heavy atom. The van der Waals surface area contributed by atoms with Gasteiger partial charge in [-0.3, -0.25) is 0 Å². The summed E-state index contributed by atoms with van der Waals surface area (Å²) in [4.78, 5) is 14.7. The highest BCUT2D eigenvalue weighted by molar-refractivity contribution is 6.17. The molecule has 1 aromatic rings. The molecule has 0 amide bonds. The van der Waals surface area contributed by atoms with Crippen molar-refractivity contribution in [3.8, 4) is 0 Å². The second kappa shape index (κ2) is 18.6. The van der Waals surface area contributed by atoms with Gasteiger partial charge in [0.05, 0.1) is 58.5 Å². The number of ether oxygens (including phenoxy) is 5. The molecular weight excluding hydrogens is 538 g/mol. The number of aryl methyl sites for hydroxylation is 3. The molecule has 0 bridgehead atoms. The molecule has 2 N–H and O–H groups in total. The van der Waals surface area contributed by atoms with Gasteiger partial charge in [-0.25, -0.2) is 4.79 Å². The number of hydrogen-bond acceptors (Lipinski definition) is 8. The SMILES string of the molecule is CCOCCOCCOCCOCCN1CCC(OC2CCC(/C(O)=C(\C(=O)O)c3c(C)cc(C)cc3C)CC2)CC1. The van der Waals surface area contributed by atoms with Crippen LogP contribution in [0.5, 0.6) is 0 Å². The van der Waals surface area contributed by atoms with Gasteiger partial charge in [-0.05, 0) is 82.9 Å². The van der Waals surface area contributed by atoms with Crippen molar-refractivity contribution >= 4 is 11.5 Å². The van der Waals surface area contributed by atoms with Crippen LogP contribution in [0.25, 0.3) is 5.57 Å². The molecule has 1 heterocycles. The van der Waals surface area contributed by atoms with Crippen molar-refractivity contribution in [1.29, 1.82) is 0 Å². The Morgan fingerprint density at radius 3 is 1.79 bits per heavy atom. The lowest BCUT2D eigenvalue weighted by Gasteiger charge is -2.36. The van der Waals surface area contributed by atoms with E-state index in [9.17, 15) is 15.0 Å². The number of nitrogens with zero attached hydrogens (tertiary/aromatic N) is 1. The van der Waals surface area contributed by atoms with Gasteiger partial charge in [-0.2, -0.15) is 0 Å². The molecule has 2 aliphatic rings. The zero-order chi connectivity index (χ0) is 30.3. The number of aliphatic hydroxyl groups excluding tert-OH is 1. The molecule has 9 heteroatoms. The Kier molecular flexibility index (Phi) is 15.3. The first kappa shape index (κ1) is 34.5. The fourth-order valence-corrected chi connectivity index (χ4v) is 6.13. The highest BCUT2D eigenvalue weighted by Gasteiger charge is 2.31. The molecule has 3 rings (SSSR count). The zero-order valence-corrected chi connectivity index (χ0v) is 26.2. The van der Waals surface area contributed by atoms with E-state index in [1.807, 2.05) is 39.8 Å². The molecule has 42 heavy (non-hydrogen) atoms. The van der Waals surface area contributed by atoms with E-state index in [1.165, 1.54) is 0 Å². The van der Waals surface area contributed by atoms with E-state index >= 15 is 0 Å². The molecule has 0 spiro atoms. The van der Waals surface area contributed by atoms with Crippen molar-refractivity contribution in [1.82, 2.24) is 4.90 Å². The first-order valence-corrected chi connectivity index (χ1v) is 15.7. The number of carbonyl (C=O) groups is 1. The molecule has 2 fully saturated rings. The summed E-state index contributed by atoms with van der Waals surface area (Å²) in [5, 5.41) is 21.1. The van der Waals surface area contributed by atoms with Gasteiger partial charge in [-0.15, -0.1) is 0 Å². The fraction of sp³-hybridized carbons (Fsp3) is 0.727. The van der Waals surface area contributed by atoms with Crippen LogP contribution in [0.2, 0.25) is 0 Å². The normalized spacial score (nSPS) is 21.0. The second-order valence-corrected chi connectivity index (χ2v) is 11.5. The van der Waals surface area contributed by atoms with Gasteiger partial charge in [-0.1, -0.05) is 17.7 Å². The van der Waals surface area contributed by atoms with E-state index in [-0.39, 0.29) is 29.5 Å². The monoisotopic (exact) mass is 591 g/mol. The summed E-state index contributed by atoms with van der Waals surface area (Å²) in [6, 6.07) is 3.95. The summed E-state index contributed by atoms with van der Waals surface area (Å²) in [7, 11) is 0. The van der Waals surface area contributed by atoms with Crippen LogP contribution in [0.15, 0.2) is 17.9 Å². The third-order valence-corrected chi connectivity index (χ3v) is 8.25. The lowest BCUT2D eigenvalue weighted by atomic mass is 9.82. The number of rotatable bonds is 18. The Morgan fingerprint density at radius 1 is 0.762 bits per heavy atom. The van der Waals surface area contributed by atoms with E-state index < -0.39 is 5.97 Å². The van der Waals surface area contributed by atoms with Crippen LogP contribution in [0.4, 0.5) is 0 Å². The zero-order valence-electron chi connectivity index (χ0n) is 26.2. The van der Waals surface area contributed by atoms with Gasteiger partial charge in [0.1, 0.15) is 11.3 Å². The molecule has 0 unspecified atom stereocenters. The Labute approximate surface area is 252 Å². The average molecular weight is 592 g/mol.